The van der Waals surface area contributed by atoms with Gasteiger partial charge in [0, 0.05) is 37.4 Å². The molecule has 6 heteroatoms. The van der Waals surface area contributed by atoms with Crippen molar-refractivity contribution in [3.05, 3.63) is 64.4 Å². The van der Waals surface area contributed by atoms with E-state index >= 15 is 0 Å². The highest BCUT2D eigenvalue weighted by atomic mass is 35.5. The van der Waals surface area contributed by atoms with Gasteiger partial charge in [-0.3, -0.25) is 9.59 Å². The van der Waals surface area contributed by atoms with Gasteiger partial charge in [-0.1, -0.05) is 11.6 Å². The molecule has 3 rings (SSSR count). The summed E-state index contributed by atoms with van der Waals surface area (Å²) in [5, 5.41) is 0.132. The zero-order chi connectivity index (χ0) is 18.0. The number of carbonyl (C=O) groups excluding carboxylic acids is 2. The van der Waals surface area contributed by atoms with Crippen LogP contribution in [-0.2, 0) is 0 Å². The number of benzene rings is 2. The first-order valence-corrected chi connectivity index (χ1v) is 8.44. The van der Waals surface area contributed by atoms with Crippen molar-refractivity contribution in [2.75, 3.05) is 31.1 Å². The number of piperazine rings is 1. The van der Waals surface area contributed by atoms with Crippen LogP contribution in [0.2, 0.25) is 5.02 Å². The van der Waals surface area contributed by atoms with E-state index in [1.54, 1.807) is 11.8 Å². The Hall–Kier alpha value is -2.40. The van der Waals surface area contributed by atoms with Crippen molar-refractivity contribution in [3.63, 3.8) is 0 Å². The van der Waals surface area contributed by atoms with E-state index in [0.29, 0.717) is 37.3 Å². The molecule has 1 fully saturated rings. The number of Topliss-reactive ketones (excluding diaryl/α,β-unsaturated/α-hetero) is 1. The van der Waals surface area contributed by atoms with E-state index < -0.39 is 5.82 Å². The fourth-order valence-electron chi connectivity index (χ4n) is 2.91. The highest BCUT2D eigenvalue weighted by Crippen LogP contribution is 2.22. The Balaban J connectivity index is 1.65. The lowest BCUT2D eigenvalue weighted by atomic mass is 10.1. The normalized spacial score (nSPS) is 14.5. The Morgan fingerprint density at radius 2 is 1.64 bits per heavy atom. The van der Waals surface area contributed by atoms with Crippen molar-refractivity contribution in [3.8, 4) is 0 Å². The maximum Gasteiger partial charge on any atom is 0.255 e. The molecule has 1 amide bonds. The fourth-order valence-corrected chi connectivity index (χ4v) is 3.16. The lowest BCUT2D eigenvalue weighted by Crippen LogP contribution is -2.48. The molecule has 2 aromatic carbocycles. The van der Waals surface area contributed by atoms with Crippen LogP contribution >= 0.6 is 11.6 Å². The second-order valence-electron chi connectivity index (χ2n) is 6.01. The topological polar surface area (TPSA) is 40.6 Å². The Bertz CT molecular complexity index is 800. The molecule has 1 aliphatic heterocycles. The smallest absolute Gasteiger partial charge is 0.255 e. The maximum atomic E-state index is 13.1. The summed E-state index contributed by atoms with van der Waals surface area (Å²) in [6.45, 7) is 4.02. The van der Waals surface area contributed by atoms with Gasteiger partial charge in [0.1, 0.15) is 5.82 Å². The third-order valence-electron chi connectivity index (χ3n) is 4.37. The van der Waals surface area contributed by atoms with Gasteiger partial charge in [-0.15, -0.1) is 0 Å². The number of rotatable bonds is 3. The molecule has 0 bridgehead atoms. The van der Waals surface area contributed by atoms with Gasteiger partial charge in [0.05, 0.1) is 10.6 Å². The van der Waals surface area contributed by atoms with Crippen LogP contribution in [0.15, 0.2) is 42.5 Å². The third-order valence-corrected chi connectivity index (χ3v) is 4.68. The van der Waals surface area contributed by atoms with Gasteiger partial charge >= 0.3 is 0 Å². The standard InChI is InChI=1S/C19H18ClFN2O2/c1-13(24)14-2-5-16(6-3-14)22-8-10-23(11-9-22)19(25)17-7-4-15(21)12-18(17)20/h2-7,12H,8-11H2,1H3. The van der Waals surface area contributed by atoms with Crippen molar-refractivity contribution >= 4 is 29.0 Å². The monoisotopic (exact) mass is 360 g/mol. The average molecular weight is 361 g/mol. The number of ketones is 1. The van der Waals surface area contributed by atoms with Crippen LogP contribution in [0.4, 0.5) is 10.1 Å². The summed E-state index contributed by atoms with van der Waals surface area (Å²) in [6, 6.07) is 11.3. The number of hydrogen-bond donors (Lipinski definition) is 0. The molecule has 1 aliphatic rings. The molecule has 1 saturated heterocycles. The van der Waals surface area contributed by atoms with Gasteiger partial charge in [-0.05, 0) is 49.4 Å². The Morgan fingerprint density at radius 1 is 1.00 bits per heavy atom. The van der Waals surface area contributed by atoms with Crippen molar-refractivity contribution < 1.29 is 14.0 Å². The molecule has 0 N–H and O–H groups in total. The third kappa shape index (κ3) is 3.82. The van der Waals surface area contributed by atoms with E-state index in [4.69, 9.17) is 11.6 Å². The van der Waals surface area contributed by atoms with Crippen molar-refractivity contribution in [2.45, 2.75) is 6.92 Å². The minimum Gasteiger partial charge on any atom is -0.368 e. The first-order chi connectivity index (χ1) is 12.0. The van der Waals surface area contributed by atoms with E-state index in [1.165, 1.54) is 12.1 Å². The molecule has 2 aromatic rings. The van der Waals surface area contributed by atoms with E-state index in [2.05, 4.69) is 4.90 Å². The lowest BCUT2D eigenvalue weighted by Gasteiger charge is -2.36. The van der Waals surface area contributed by atoms with Gasteiger partial charge in [0.25, 0.3) is 5.91 Å². The molecular weight excluding hydrogens is 343 g/mol. The Labute approximate surface area is 150 Å². The van der Waals surface area contributed by atoms with Gasteiger partial charge in [0.15, 0.2) is 5.78 Å². The largest absolute Gasteiger partial charge is 0.368 e. The minimum absolute atomic E-state index is 0.0399. The summed E-state index contributed by atoms with van der Waals surface area (Å²) in [5.41, 5.74) is 2.03. The molecule has 0 saturated carbocycles. The zero-order valence-corrected chi connectivity index (χ0v) is 14.6. The second-order valence-corrected chi connectivity index (χ2v) is 6.41. The number of hydrogen-bond acceptors (Lipinski definition) is 3. The molecule has 130 valence electrons. The quantitative estimate of drug-likeness (QED) is 0.784. The van der Waals surface area contributed by atoms with Gasteiger partial charge in [0.2, 0.25) is 0 Å². The fraction of sp³-hybridized carbons (Fsp3) is 0.263. The number of halogens is 2. The van der Waals surface area contributed by atoms with Gasteiger partial charge in [-0.2, -0.15) is 0 Å². The van der Waals surface area contributed by atoms with E-state index in [0.717, 1.165) is 11.8 Å². The molecule has 1 heterocycles. The molecule has 0 atom stereocenters. The molecule has 25 heavy (non-hydrogen) atoms. The molecule has 0 radical (unpaired) electrons. The highest BCUT2D eigenvalue weighted by molar-refractivity contribution is 6.33. The summed E-state index contributed by atoms with van der Waals surface area (Å²) in [6.07, 6.45) is 0. The molecule has 4 nitrogen and oxygen atoms in total. The predicted octanol–water partition coefficient (Wildman–Crippen LogP) is 3.64. The van der Waals surface area contributed by atoms with Crippen LogP contribution in [0.5, 0.6) is 0 Å². The van der Waals surface area contributed by atoms with Crippen LogP contribution in [0, 0.1) is 5.82 Å². The average Bonchev–Trinajstić information content (AvgIpc) is 2.61. The van der Waals surface area contributed by atoms with Crippen molar-refractivity contribution in [1.29, 1.82) is 0 Å². The minimum atomic E-state index is -0.458. The zero-order valence-electron chi connectivity index (χ0n) is 13.8. The summed E-state index contributed by atoms with van der Waals surface area (Å²) in [4.78, 5) is 27.8. The van der Waals surface area contributed by atoms with Crippen LogP contribution in [-0.4, -0.2) is 42.8 Å². The Morgan fingerprint density at radius 3 is 2.20 bits per heavy atom. The van der Waals surface area contributed by atoms with Crippen molar-refractivity contribution in [2.24, 2.45) is 0 Å². The van der Waals surface area contributed by atoms with Crippen LogP contribution < -0.4 is 4.90 Å². The highest BCUT2D eigenvalue weighted by Gasteiger charge is 2.24. The number of amides is 1. The summed E-state index contributed by atoms with van der Waals surface area (Å²) < 4.78 is 13.1. The first kappa shape index (κ1) is 17.4. The van der Waals surface area contributed by atoms with E-state index in [-0.39, 0.29) is 16.7 Å². The molecule has 0 unspecified atom stereocenters. The van der Waals surface area contributed by atoms with E-state index in [9.17, 15) is 14.0 Å². The number of carbonyl (C=O) groups is 2. The van der Waals surface area contributed by atoms with Crippen LogP contribution in [0.1, 0.15) is 27.6 Å². The van der Waals surface area contributed by atoms with Gasteiger partial charge < -0.3 is 9.80 Å². The SMILES string of the molecule is CC(=O)c1ccc(N2CCN(C(=O)c3ccc(F)cc3Cl)CC2)cc1. The first-order valence-electron chi connectivity index (χ1n) is 8.06. The molecular formula is C19H18ClFN2O2. The predicted molar refractivity (Wildman–Crippen MR) is 96.0 cm³/mol. The maximum absolute atomic E-state index is 13.1. The summed E-state index contributed by atoms with van der Waals surface area (Å²) in [7, 11) is 0. The van der Waals surface area contributed by atoms with Crippen LogP contribution in [0.25, 0.3) is 0 Å². The lowest BCUT2D eigenvalue weighted by molar-refractivity contribution is 0.0746. The number of nitrogens with zero attached hydrogens (tertiary/aromatic N) is 2. The Kier molecular flexibility index (Phi) is 5.04. The van der Waals surface area contributed by atoms with Crippen molar-refractivity contribution in [1.82, 2.24) is 4.90 Å². The van der Waals surface area contributed by atoms with E-state index in [1.807, 2.05) is 24.3 Å². The molecule has 0 aliphatic carbocycles. The summed E-state index contributed by atoms with van der Waals surface area (Å²) in [5.74, 6) is -0.602. The second kappa shape index (κ2) is 7.23. The van der Waals surface area contributed by atoms with Gasteiger partial charge in [-0.25, -0.2) is 4.39 Å². The molecule has 0 spiro atoms. The molecule has 0 aromatic heterocycles. The van der Waals surface area contributed by atoms with Crippen LogP contribution in [0.3, 0.4) is 0 Å². The number of anilines is 1. The summed E-state index contributed by atoms with van der Waals surface area (Å²) >= 11 is 5.98.